The lowest BCUT2D eigenvalue weighted by molar-refractivity contribution is -0.144. The molecule has 12 heavy (non-hydrogen) atoms. The van der Waals surface area contributed by atoms with Crippen molar-refractivity contribution >= 4 is 11.8 Å². The van der Waals surface area contributed by atoms with E-state index >= 15 is 0 Å². The summed E-state index contributed by atoms with van der Waals surface area (Å²) in [6, 6.07) is 0. The van der Waals surface area contributed by atoms with Crippen molar-refractivity contribution in [2.75, 3.05) is 6.61 Å². The molecule has 66 valence electrons. The van der Waals surface area contributed by atoms with Crippen LogP contribution in [-0.4, -0.2) is 18.4 Å². The van der Waals surface area contributed by atoms with Gasteiger partial charge in [-0.05, 0) is 13.0 Å². The standard InChI is InChI=1S/C9H12O3/c1-3-5-6-8(10)7-9(11)12-4-2/h3,5-6H,1,4,7H2,2H3/b6-5+. The van der Waals surface area contributed by atoms with Crippen molar-refractivity contribution in [1.82, 2.24) is 0 Å². The summed E-state index contributed by atoms with van der Waals surface area (Å²) in [6.07, 6.45) is 4.06. The molecule has 0 aromatic rings. The van der Waals surface area contributed by atoms with Gasteiger partial charge in [0.1, 0.15) is 6.42 Å². The Morgan fingerprint density at radius 2 is 2.17 bits per heavy atom. The molecule has 0 aliphatic carbocycles. The number of hydrogen-bond acceptors (Lipinski definition) is 3. The Morgan fingerprint density at radius 3 is 2.67 bits per heavy atom. The molecule has 0 heterocycles. The van der Waals surface area contributed by atoms with Gasteiger partial charge in [0.25, 0.3) is 0 Å². The monoisotopic (exact) mass is 168 g/mol. The summed E-state index contributed by atoms with van der Waals surface area (Å²) in [5.41, 5.74) is 0. The van der Waals surface area contributed by atoms with Gasteiger partial charge in [0.2, 0.25) is 0 Å². The van der Waals surface area contributed by atoms with Crippen LogP contribution >= 0.6 is 0 Å². The summed E-state index contributed by atoms with van der Waals surface area (Å²) in [5, 5.41) is 0. The first-order chi connectivity index (χ1) is 5.70. The van der Waals surface area contributed by atoms with Gasteiger partial charge in [-0.3, -0.25) is 9.59 Å². The Balaban J connectivity index is 3.76. The third kappa shape index (κ3) is 5.41. The third-order valence-electron chi connectivity index (χ3n) is 1.04. The van der Waals surface area contributed by atoms with Crippen molar-refractivity contribution in [2.24, 2.45) is 0 Å². The smallest absolute Gasteiger partial charge is 0.313 e. The Hall–Kier alpha value is -1.38. The van der Waals surface area contributed by atoms with Gasteiger partial charge in [0.15, 0.2) is 5.78 Å². The van der Waals surface area contributed by atoms with E-state index < -0.39 is 5.97 Å². The highest BCUT2D eigenvalue weighted by Crippen LogP contribution is 1.90. The van der Waals surface area contributed by atoms with E-state index in [1.54, 1.807) is 6.92 Å². The number of ketones is 1. The Labute approximate surface area is 71.7 Å². The minimum absolute atomic E-state index is 0.196. The van der Waals surface area contributed by atoms with Gasteiger partial charge in [-0.1, -0.05) is 18.7 Å². The Bertz CT molecular complexity index is 204. The van der Waals surface area contributed by atoms with Gasteiger partial charge < -0.3 is 4.74 Å². The molecule has 0 aliphatic heterocycles. The third-order valence-corrected chi connectivity index (χ3v) is 1.04. The fraction of sp³-hybridized carbons (Fsp3) is 0.333. The minimum Gasteiger partial charge on any atom is -0.466 e. The largest absolute Gasteiger partial charge is 0.466 e. The van der Waals surface area contributed by atoms with E-state index in [9.17, 15) is 9.59 Å². The molecule has 0 fully saturated rings. The Morgan fingerprint density at radius 1 is 1.50 bits per heavy atom. The zero-order chi connectivity index (χ0) is 9.40. The quantitative estimate of drug-likeness (QED) is 0.268. The number of carbonyl (C=O) groups is 2. The molecule has 0 radical (unpaired) electrons. The normalized spacial score (nSPS) is 9.75. The van der Waals surface area contributed by atoms with Gasteiger partial charge in [-0.25, -0.2) is 0 Å². The van der Waals surface area contributed by atoms with E-state index in [1.165, 1.54) is 18.2 Å². The molecule has 3 nitrogen and oxygen atoms in total. The van der Waals surface area contributed by atoms with Crippen molar-refractivity contribution in [3.63, 3.8) is 0 Å². The lowest BCUT2D eigenvalue weighted by Gasteiger charge is -1.96. The second kappa shape index (κ2) is 6.34. The summed E-state index contributed by atoms with van der Waals surface area (Å²) < 4.78 is 4.57. The summed E-state index contributed by atoms with van der Waals surface area (Å²) >= 11 is 0. The van der Waals surface area contributed by atoms with E-state index in [-0.39, 0.29) is 12.2 Å². The number of carbonyl (C=O) groups excluding carboxylic acids is 2. The predicted octanol–water partition coefficient (Wildman–Crippen LogP) is 1.25. The maximum Gasteiger partial charge on any atom is 0.313 e. The first-order valence-corrected chi connectivity index (χ1v) is 3.68. The number of ether oxygens (including phenoxy) is 1. The van der Waals surface area contributed by atoms with E-state index in [0.717, 1.165) is 0 Å². The van der Waals surface area contributed by atoms with Crippen LogP contribution in [0.1, 0.15) is 13.3 Å². The lowest BCUT2D eigenvalue weighted by Crippen LogP contribution is -2.08. The van der Waals surface area contributed by atoms with Crippen LogP contribution in [0.4, 0.5) is 0 Å². The molecule has 0 aromatic carbocycles. The number of esters is 1. The van der Waals surface area contributed by atoms with Crippen LogP contribution in [0, 0.1) is 0 Å². The highest BCUT2D eigenvalue weighted by molar-refractivity contribution is 6.01. The predicted molar refractivity (Wildman–Crippen MR) is 45.6 cm³/mol. The molecule has 0 unspecified atom stereocenters. The molecule has 0 rings (SSSR count). The van der Waals surface area contributed by atoms with Crippen molar-refractivity contribution in [1.29, 1.82) is 0 Å². The van der Waals surface area contributed by atoms with E-state index in [2.05, 4.69) is 11.3 Å². The SMILES string of the molecule is C=C/C=C/C(=O)CC(=O)OCC. The van der Waals surface area contributed by atoms with Gasteiger partial charge in [0, 0.05) is 0 Å². The molecule has 0 amide bonds. The molecule has 0 spiro atoms. The van der Waals surface area contributed by atoms with Crippen LogP contribution in [0.25, 0.3) is 0 Å². The van der Waals surface area contributed by atoms with E-state index in [0.29, 0.717) is 6.61 Å². The van der Waals surface area contributed by atoms with E-state index in [4.69, 9.17) is 0 Å². The Kier molecular flexibility index (Phi) is 5.61. The van der Waals surface area contributed by atoms with Crippen LogP contribution in [0.3, 0.4) is 0 Å². The molecular formula is C9H12O3. The molecule has 0 bridgehead atoms. The fourth-order valence-corrected chi connectivity index (χ4v) is 0.589. The zero-order valence-corrected chi connectivity index (χ0v) is 7.08. The van der Waals surface area contributed by atoms with Crippen LogP contribution in [0.15, 0.2) is 24.8 Å². The maximum atomic E-state index is 10.9. The maximum absolute atomic E-state index is 10.9. The van der Waals surface area contributed by atoms with Crippen molar-refractivity contribution in [3.8, 4) is 0 Å². The highest BCUT2D eigenvalue weighted by atomic mass is 16.5. The molecule has 0 saturated heterocycles. The summed E-state index contributed by atoms with van der Waals surface area (Å²) in [6.45, 7) is 5.39. The van der Waals surface area contributed by atoms with Crippen molar-refractivity contribution in [2.45, 2.75) is 13.3 Å². The average Bonchev–Trinajstić information content (AvgIpc) is 2.01. The summed E-state index contributed by atoms with van der Waals surface area (Å²) in [5.74, 6) is -0.760. The molecular weight excluding hydrogens is 156 g/mol. The average molecular weight is 168 g/mol. The zero-order valence-electron chi connectivity index (χ0n) is 7.08. The second-order valence-electron chi connectivity index (χ2n) is 2.04. The molecule has 0 saturated carbocycles. The van der Waals surface area contributed by atoms with Crippen LogP contribution < -0.4 is 0 Å². The molecule has 3 heteroatoms. The van der Waals surface area contributed by atoms with Crippen LogP contribution in [0.5, 0.6) is 0 Å². The molecule has 0 N–H and O–H groups in total. The highest BCUT2D eigenvalue weighted by Gasteiger charge is 2.05. The summed E-state index contributed by atoms with van der Waals surface area (Å²) in [7, 11) is 0. The van der Waals surface area contributed by atoms with Crippen LogP contribution in [0.2, 0.25) is 0 Å². The number of hydrogen-bond donors (Lipinski definition) is 0. The van der Waals surface area contributed by atoms with Gasteiger partial charge in [0.05, 0.1) is 6.61 Å². The topological polar surface area (TPSA) is 43.4 Å². The number of allylic oxidation sites excluding steroid dienone is 3. The fourth-order valence-electron chi connectivity index (χ4n) is 0.589. The van der Waals surface area contributed by atoms with E-state index in [1.807, 2.05) is 0 Å². The van der Waals surface area contributed by atoms with Crippen molar-refractivity contribution < 1.29 is 14.3 Å². The second-order valence-corrected chi connectivity index (χ2v) is 2.04. The first kappa shape index (κ1) is 10.6. The van der Waals surface area contributed by atoms with Crippen LogP contribution in [-0.2, 0) is 14.3 Å². The summed E-state index contributed by atoms with van der Waals surface area (Å²) in [4.78, 5) is 21.6. The van der Waals surface area contributed by atoms with Crippen molar-refractivity contribution in [3.05, 3.63) is 24.8 Å². The minimum atomic E-state index is -0.490. The molecule has 0 aromatic heterocycles. The van der Waals surface area contributed by atoms with Gasteiger partial charge in [-0.15, -0.1) is 0 Å². The van der Waals surface area contributed by atoms with Gasteiger partial charge >= 0.3 is 5.97 Å². The van der Waals surface area contributed by atoms with Gasteiger partial charge in [-0.2, -0.15) is 0 Å². The first-order valence-electron chi connectivity index (χ1n) is 3.68. The number of rotatable bonds is 5. The lowest BCUT2D eigenvalue weighted by atomic mass is 10.2. The molecule has 0 atom stereocenters. The molecule has 0 aliphatic rings.